The van der Waals surface area contributed by atoms with Crippen molar-refractivity contribution in [3.63, 3.8) is 0 Å². The summed E-state index contributed by atoms with van der Waals surface area (Å²) >= 11 is 1.38. The van der Waals surface area contributed by atoms with E-state index in [1.165, 1.54) is 11.3 Å². The summed E-state index contributed by atoms with van der Waals surface area (Å²) in [4.78, 5) is 38.3. The number of carbonyl (C=O) groups excluding carboxylic acids is 3. The van der Waals surface area contributed by atoms with Crippen LogP contribution in [0.25, 0.3) is 0 Å². The summed E-state index contributed by atoms with van der Waals surface area (Å²) in [6.07, 6.45) is 3.80. The Morgan fingerprint density at radius 3 is 2.07 bits per heavy atom. The minimum atomic E-state index is -0.159. The highest BCUT2D eigenvalue weighted by Gasteiger charge is 2.10. The van der Waals surface area contributed by atoms with Crippen molar-refractivity contribution in [2.45, 2.75) is 45.1 Å². The number of hydrogen-bond acceptors (Lipinski definition) is 9. The molecule has 3 N–H and O–H groups in total. The maximum absolute atomic E-state index is 12.5. The summed E-state index contributed by atoms with van der Waals surface area (Å²) in [7, 11) is 3.69. The van der Waals surface area contributed by atoms with Gasteiger partial charge in [-0.1, -0.05) is 65.9 Å². The molecule has 12 heteroatoms. The van der Waals surface area contributed by atoms with Crippen LogP contribution in [0.3, 0.4) is 0 Å². The molecule has 4 aromatic rings. The summed E-state index contributed by atoms with van der Waals surface area (Å²) < 4.78 is 0. The highest BCUT2D eigenvalue weighted by atomic mass is 32.1. The molecular weight excluding hydrogens is 564 g/mol. The van der Waals surface area contributed by atoms with Crippen molar-refractivity contribution in [3.05, 3.63) is 94.1 Å². The van der Waals surface area contributed by atoms with Crippen LogP contribution in [0.15, 0.2) is 66.7 Å². The van der Waals surface area contributed by atoms with Crippen molar-refractivity contribution in [1.29, 1.82) is 0 Å². The lowest BCUT2D eigenvalue weighted by Crippen LogP contribution is -2.32. The van der Waals surface area contributed by atoms with Crippen LogP contribution in [0.2, 0.25) is 0 Å². The number of benzene rings is 2. The van der Waals surface area contributed by atoms with Crippen LogP contribution in [-0.2, 0) is 46.6 Å². The fourth-order valence-electron chi connectivity index (χ4n) is 4.18. The normalized spacial score (nSPS) is 10.9. The molecule has 0 saturated heterocycles. The van der Waals surface area contributed by atoms with E-state index >= 15 is 0 Å². The zero-order chi connectivity index (χ0) is 30.4. The number of hydrogen-bond donors (Lipinski definition) is 3. The van der Waals surface area contributed by atoms with E-state index in [0.29, 0.717) is 24.0 Å². The van der Waals surface area contributed by atoms with E-state index in [2.05, 4.69) is 36.3 Å². The molecule has 2 aromatic carbocycles. The van der Waals surface area contributed by atoms with Crippen LogP contribution in [-0.4, -0.2) is 63.7 Å². The lowest BCUT2D eigenvalue weighted by molar-refractivity contribution is -0.122. The van der Waals surface area contributed by atoms with Gasteiger partial charge in [-0.15, -0.1) is 15.3 Å². The van der Waals surface area contributed by atoms with Crippen molar-refractivity contribution < 1.29 is 14.4 Å². The molecule has 43 heavy (non-hydrogen) atoms. The predicted molar refractivity (Wildman–Crippen MR) is 167 cm³/mol. The average Bonchev–Trinajstić information content (AvgIpc) is 3.42. The van der Waals surface area contributed by atoms with Gasteiger partial charge in [0, 0.05) is 13.0 Å². The van der Waals surface area contributed by atoms with Crippen LogP contribution < -0.4 is 16.0 Å². The monoisotopic (exact) mass is 600 g/mol. The Kier molecular flexibility index (Phi) is 11.8. The van der Waals surface area contributed by atoms with Gasteiger partial charge >= 0.3 is 0 Å². The fraction of sp³-hybridized carbons (Fsp3) is 0.323. The lowest BCUT2D eigenvalue weighted by Gasteiger charge is -2.10. The number of nitrogens with one attached hydrogen (secondary N) is 3. The summed E-state index contributed by atoms with van der Waals surface area (Å²) in [5.41, 5.74) is 3.64. The second kappa shape index (κ2) is 16.2. The minimum Gasteiger partial charge on any atom is -0.351 e. The van der Waals surface area contributed by atoms with E-state index in [9.17, 15) is 14.4 Å². The minimum absolute atomic E-state index is 0.0351. The third-order valence-electron chi connectivity index (χ3n) is 6.32. The second-order valence-electron chi connectivity index (χ2n) is 10.4. The van der Waals surface area contributed by atoms with Gasteiger partial charge in [0.05, 0.1) is 25.1 Å². The number of nitrogens with zero attached hydrogens (tertiary/aromatic N) is 5. The van der Waals surface area contributed by atoms with Gasteiger partial charge < -0.3 is 20.9 Å². The highest BCUT2D eigenvalue weighted by Crippen LogP contribution is 2.18. The first-order valence-electron chi connectivity index (χ1n) is 14.1. The highest BCUT2D eigenvalue weighted by molar-refractivity contribution is 7.15. The standard InChI is InChI=1S/C31H36N8O3S/c1-39(2)21-29(42)32-20-24-14-12-23(13-15-24)19-28(41)34-31-38-37-30(43-31)11-7-6-10-25-16-17-26(36-35-25)33-27(40)18-22-8-4-3-5-9-22/h3-5,8-9,12-17H,6-7,10-11,18-21H2,1-2H3,(H,32,42)(H,33,36,40)(H,34,38,41). The fourth-order valence-corrected chi connectivity index (χ4v) is 4.98. The van der Waals surface area contributed by atoms with Crippen molar-refractivity contribution in [3.8, 4) is 0 Å². The number of anilines is 2. The molecule has 0 aliphatic heterocycles. The molecule has 0 radical (unpaired) electrons. The SMILES string of the molecule is CN(C)CC(=O)NCc1ccc(CC(=O)Nc2nnc(CCCCc3ccc(NC(=O)Cc4ccccc4)nn3)s2)cc1. The van der Waals surface area contributed by atoms with E-state index in [1.54, 1.807) is 6.07 Å². The van der Waals surface area contributed by atoms with Gasteiger partial charge in [-0.3, -0.25) is 14.4 Å². The molecule has 0 aliphatic carbocycles. The zero-order valence-corrected chi connectivity index (χ0v) is 25.2. The van der Waals surface area contributed by atoms with Gasteiger partial charge in [-0.2, -0.15) is 5.10 Å². The smallest absolute Gasteiger partial charge is 0.234 e. The Morgan fingerprint density at radius 2 is 1.37 bits per heavy atom. The number of rotatable bonds is 15. The lowest BCUT2D eigenvalue weighted by atomic mass is 10.1. The number of carbonyl (C=O) groups is 3. The Balaban J connectivity index is 1.12. The van der Waals surface area contributed by atoms with Crippen LogP contribution in [0.4, 0.5) is 10.9 Å². The number of aryl methyl sites for hydroxylation is 2. The first kappa shape index (κ1) is 31.4. The summed E-state index contributed by atoms with van der Waals surface area (Å²) in [5.74, 6) is 0.112. The molecule has 0 aliphatic rings. The van der Waals surface area contributed by atoms with Gasteiger partial charge in [0.2, 0.25) is 22.9 Å². The van der Waals surface area contributed by atoms with Gasteiger partial charge in [-0.25, -0.2) is 0 Å². The van der Waals surface area contributed by atoms with Crippen molar-refractivity contribution in [2.75, 3.05) is 31.3 Å². The quantitative estimate of drug-likeness (QED) is 0.176. The van der Waals surface area contributed by atoms with Gasteiger partial charge in [0.25, 0.3) is 0 Å². The van der Waals surface area contributed by atoms with E-state index < -0.39 is 0 Å². The molecule has 0 saturated carbocycles. The molecule has 11 nitrogen and oxygen atoms in total. The number of aromatic nitrogens is 4. The van der Waals surface area contributed by atoms with E-state index in [-0.39, 0.29) is 30.6 Å². The van der Waals surface area contributed by atoms with Crippen molar-refractivity contribution in [2.24, 2.45) is 0 Å². The molecule has 0 bridgehead atoms. The van der Waals surface area contributed by atoms with Crippen LogP contribution >= 0.6 is 11.3 Å². The third-order valence-corrected chi connectivity index (χ3v) is 7.22. The van der Waals surface area contributed by atoms with E-state index in [1.807, 2.05) is 79.7 Å². The van der Waals surface area contributed by atoms with Crippen molar-refractivity contribution in [1.82, 2.24) is 30.6 Å². The summed E-state index contributed by atoms with van der Waals surface area (Å²) in [6, 6.07) is 20.8. The van der Waals surface area contributed by atoms with Crippen LogP contribution in [0, 0.1) is 0 Å². The summed E-state index contributed by atoms with van der Waals surface area (Å²) in [5, 5.41) is 26.5. The maximum Gasteiger partial charge on any atom is 0.234 e. The predicted octanol–water partition coefficient (Wildman–Crippen LogP) is 3.43. The average molecular weight is 601 g/mol. The largest absolute Gasteiger partial charge is 0.351 e. The first-order valence-corrected chi connectivity index (χ1v) is 14.9. The van der Waals surface area contributed by atoms with Crippen LogP contribution in [0.5, 0.6) is 0 Å². The van der Waals surface area contributed by atoms with E-state index in [0.717, 1.165) is 53.1 Å². The number of amides is 3. The molecule has 0 atom stereocenters. The Labute approximate surface area is 255 Å². The Morgan fingerprint density at radius 1 is 0.698 bits per heavy atom. The topological polar surface area (TPSA) is 142 Å². The molecule has 0 spiro atoms. The summed E-state index contributed by atoms with van der Waals surface area (Å²) in [6.45, 7) is 0.788. The molecule has 2 heterocycles. The molecule has 0 fully saturated rings. The van der Waals surface area contributed by atoms with Gasteiger partial charge in [0.15, 0.2) is 5.82 Å². The second-order valence-corrected chi connectivity index (χ2v) is 11.4. The molecule has 3 amide bonds. The van der Waals surface area contributed by atoms with Crippen LogP contribution in [0.1, 0.15) is 40.2 Å². The first-order chi connectivity index (χ1) is 20.8. The molecule has 4 rings (SSSR count). The number of likely N-dealkylation sites (N-methyl/N-ethyl adjacent to an activating group) is 1. The maximum atomic E-state index is 12.5. The number of unbranched alkanes of at least 4 members (excludes halogenated alkanes) is 1. The molecular formula is C31H36N8O3S. The van der Waals surface area contributed by atoms with Gasteiger partial charge in [0.1, 0.15) is 5.01 Å². The van der Waals surface area contributed by atoms with Crippen molar-refractivity contribution >= 4 is 40.0 Å². The van der Waals surface area contributed by atoms with E-state index in [4.69, 9.17) is 0 Å². The Hall–Kier alpha value is -4.55. The Bertz CT molecular complexity index is 1480. The zero-order valence-electron chi connectivity index (χ0n) is 24.4. The molecule has 2 aromatic heterocycles. The van der Waals surface area contributed by atoms with Gasteiger partial charge in [-0.05, 0) is 62.2 Å². The third kappa shape index (κ3) is 11.3. The molecule has 0 unspecified atom stereocenters. The molecule has 224 valence electrons.